The van der Waals surface area contributed by atoms with Crippen LogP contribution in [0.25, 0.3) is 0 Å². The van der Waals surface area contributed by atoms with Gasteiger partial charge in [0.25, 0.3) is 0 Å². The van der Waals surface area contributed by atoms with Crippen molar-refractivity contribution in [1.29, 1.82) is 0 Å². The van der Waals surface area contributed by atoms with E-state index in [1.807, 2.05) is 24.3 Å². The molecule has 0 spiro atoms. The van der Waals surface area contributed by atoms with Gasteiger partial charge in [0.05, 0.1) is 5.56 Å². The van der Waals surface area contributed by atoms with Gasteiger partial charge in [-0.25, -0.2) is 4.79 Å². The van der Waals surface area contributed by atoms with Crippen LogP contribution in [0.3, 0.4) is 0 Å². The summed E-state index contributed by atoms with van der Waals surface area (Å²) in [5, 5.41) is 28.4. The molecule has 0 radical (unpaired) electrons. The first-order chi connectivity index (χ1) is 12.5. The zero-order valence-corrected chi connectivity index (χ0v) is 13.7. The molecular weight excluding hydrogens is 340 g/mol. The molecule has 0 unspecified atom stereocenters. The molecule has 7 heteroatoms. The number of benzene rings is 2. The van der Waals surface area contributed by atoms with Gasteiger partial charge in [-0.2, -0.15) is 0 Å². The van der Waals surface area contributed by atoms with Crippen LogP contribution >= 0.6 is 0 Å². The van der Waals surface area contributed by atoms with Crippen LogP contribution in [0.5, 0.6) is 11.5 Å². The minimum absolute atomic E-state index is 0.0953. The number of carbonyl (C=O) groups is 2. The molecule has 0 aromatic heterocycles. The predicted octanol–water partition coefficient (Wildman–Crippen LogP) is 0.821. The van der Waals surface area contributed by atoms with Crippen LogP contribution in [0.4, 0.5) is 0 Å². The quantitative estimate of drug-likeness (QED) is 0.442. The zero-order valence-electron chi connectivity index (χ0n) is 13.7. The molecule has 0 amide bonds. The maximum atomic E-state index is 12.4. The van der Waals surface area contributed by atoms with E-state index < -0.39 is 30.9 Å². The summed E-state index contributed by atoms with van der Waals surface area (Å²) in [6.07, 6.45) is -4.49. The van der Waals surface area contributed by atoms with Gasteiger partial charge in [-0.3, -0.25) is 0 Å². The second-order valence-electron chi connectivity index (χ2n) is 5.95. The summed E-state index contributed by atoms with van der Waals surface area (Å²) < 4.78 is 10.8. The Hall–Kier alpha value is -2.74. The highest BCUT2D eigenvalue weighted by Gasteiger charge is 2.27. The fourth-order valence-electron chi connectivity index (χ4n) is 2.74. The van der Waals surface area contributed by atoms with Crippen LogP contribution in [0.15, 0.2) is 42.5 Å². The molecule has 0 saturated carbocycles. The van der Waals surface area contributed by atoms with Crippen molar-refractivity contribution in [2.24, 2.45) is 0 Å². The van der Waals surface area contributed by atoms with Crippen molar-refractivity contribution >= 4 is 12.3 Å². The van der Waals surface area contributed by atoms with Gasteiger partial charge in [-0.15, -0.1) is 0 Å². The minimum Gasteiger partial charge on any atom is -0.459 e. The predicted molar refractivity (Wildman–Crippen MR) is 90.1 cm³/mol. The largest absolute Gasteiger partial charge is 0.459 e. The van der Waals surface area contributed by atoms with E-state index in [0.717, 1.165) is 11.3 Å². The molecule has 1 aliphatic rings. The average molecular weight is 358 g/mol. The van der Waals surface area contributed by atoms with Gasteiger partial charge in [0.2, 0.25) is 0 Å². The smallest absolute Gasteiger partial charge is 0.338 e. The maximum Gasteiger partial charge on any atom is 0.338 e. The maximum absolute atomic E-state index is 12.4. The van der Waals surface area contributed by atoms with E-state index in [0.29, 0.717) is 17.7 Å². The summed E-state index contributed by atoms with van der Waals surface area (Å²) in [5.74, 6) is 0.582. The van der Waals surface area contributed by atoms with Gasteiger partial charge in [-0.1, -0.05) is 24.3 Å². The van der Waals surface area contributed by atoms with E-state index in [4.69, 9.17) is 9.47 Å². The van der Waals surface area contributed by atoms with Crippen LogP contribution in [0.1, 0.15) is 21.5 Å². The SMILES string of the molecule is O=C[C@@H](O)[C@H](O)[C@H](O)COC(=O)c1cccc2c1Cc1ccccc1O2. The lowest BCUT2D eigenvalue weighted by Gasteiger charge is -2.22. The van der Waals surface area contributed by atoms with E-state index in [2.05, 4.69) is 0 Å². The Labute approximate surface area is 149 Å². The highest BCUT2D eigenvalue weighted by atomic mass is 16.5. The Morgan fingerprint density at radius 3 is 2.62 bits per heavy atom. The Morgan fingerprint density at radius 1 is 1.12 bits per heavy atom. The molecule has 7 nitrogen and oxygen atoms in total. The molecule has 1 heterocycles. The Bertz CT molecular complexity index is 817. The summed E-state index contributed by atoms with van der Waals surface area (Å²) in [4.78, 5) is 22.8. The summed E-state index contributed by atoms with van der Waals surface area (Å²) in [5.41, 5.74) is 1.89. The number of aliphatic hydroxyl groups excluding tert-OH is 3. The Balaban J connectivity index is 1.73. The van der Waals surface area contributed by atoms with Crippen LogP contribution in [0, 0.1) is 0 Å². The van der Waals surface area contributed by atoms with Gasteiger partial charge >= 0.3 is 5.97 Å². The molecule has 3 N–H and O–H groups in total. The number of ether oxygens (including phenoxy) is 2. The zero-order chi connectivity index (χ0) is 18.7. The fourth-order valence-corrected chi connectivity index (χ4v) is 2.74. The molecule has 26 heavy (non-hydrogen) atoms. The number of aldehydes is 1. The number of hydrogen-bond donors (Lipinski definition) is 3. The molecular formula is C19H18O7. The first-order valence-electron chi connectivity index (χ1n) is 8.05. The molecule has 136 valence electrons. The number of hydrogen-bond acceptors (Lipinski definition) is 7. The van der Waals surface area contributed by atoms with Crippen molar-refractivity contribution in [3.05, 3.63) is 59.2 Å². The third kappa shape index (κ3) is 3.60. The van der Waals surface area contributed by atoms with Gasteiger partial charge in [0.15, 0.2) is 6.29 Å². The molecule has 3 rings (SSSR count). The third-order valence-electron chi connectivity index (χ3n) is 4.18. The van der Waals surface area contributed by atoms with Crippen molar-refractivity contribution in [2.75, 3.05) is 6.61 Å². The first-order valence-corrected chi connectivity index (χ1v) is 8.05. The second-order valence-corrected chi connectivity index (χ2v) is 5.95. The van der Waals surface area contributed by atoms with Crippen LogP contribution in [-0.2, 0) is 16.0 Å². The minimum atomic E-state index is -1.75. The molecule has 3 atom stereocenters. The number of fused-ring (bicyclic) bond motifs is 2. The lowest BCUT2D eigenvalue weighted by atomic mass is 9.96. The highest BCUT2D eigenvalue weighted by molar-refractivity contribution is 5.92. The topological polar surface area (TPSA) is 113 Å². The van der Waals surface area contributed by atoms with Gasteiger partial charge in [-0.05, 0) is 23.8 Å². The standard InChI is InChI=1S/C19H18O7/c20-9-14(21)18(23)15(22)10-25-19(24)12-5-3-7-17-13(12)8-11-4-1-2-6-16(11)26-17/h1-7,9,14-15,18,21-23H,8,10H2/t14-,15-,18+/m1/s1. The summed E-state index contributed by atoms with van der Waals surface area (Å²) in [6, 6.07) is 12.5. The van der Waals surface area contributed by atoms with E-state index >= 15 is 0 Å². The molecule has 0 fully saturated rings. The molecule has 0 saturated heterocycles. The van der Waals surface area contributed by atoms with E-state index in [1.54, 1.807) is 18.2 Å². The lowest BCUT2D eigenvalue weighted by molar-refractivity contribution is -0.128. The molecule has 0 bridgehead atoms. The molecule has 2 aromatic carbocycles. The number of para-hydroxylation sites is 1. The van der Waals surface area contributed by atoms with E-state index in [-0.39, 0.29) is 11.8 Å². The van der Waals surface area contributed by atoms with Gasteiger partial charge < -0.3 is 29.6 Å². The monoisotopic (exact) mass is 358 g/mol. The van der Waals surface area contributed by atoms with Gasteiger partial charge in [0.1, 0.15) is 36.4 Å². The molecule has 1 aliphatic heterocycles. The Morgan fingerprint density at radius 2 is 1.85 bits per heavy atom. The van der Waals surface area contributed by atoms with Crippen molar-refractivity contribution in [3.63, 3.8) is 0 Å². The lowest BCUT2D eigenvalue weighted by Crippen LogP contribution is -2.41. The summed E-state index contributed by atoms with van der Waals surface area (Å²) in [7, 11) is 0. The third-order valence-corrected chi connectivity index (χ3v) is 4.18. The van der Waals surface area contributed by atoms with Crippen molar-refractivity contribution in [1.82, 2.24) is 0 Å². The van der Waals surface area contributed by atoms with Crippen molar-refractivity contribution < 1.29 is 34.4 Å². The van der Waals surface area contributed by atoms with E-state index in [1.165, 1.54) is 0 Å². The first kappa shape index (κ1) is 18.1. The van der Waals surface area contributed by atoms with Crippen molar-refractivity contribution in [2.45, 2.75) is 24.7 Å². The van der Waals surface area contributed by atoms with Crippen LogP contribution in [0.2, 0.25) is 0 Å². The number of esters is 1. The number of carbonyl (C=O) groups excluding carboxylic acids is 2. The second kappa shape index (κ2) is 7.65. The summed E-state index contributed by atoms with van der Waals surface area (Å²) in [6.45, 7) is -0.563. The fraction of sp³-hybridized carbons (Fsp3) is 0.263. The Kier molecular flexibility index (Phi) is 5.32. The van der Waals surface area contributed by atoms with Crippen LogP contribution < -0.4 is 4.74 Å². The average Bonchev–Trinajstić information content (AvgIpc) is 2.68. The normalized spacial score (nSPS) is 15.7. The molecule has 0 aliphatic carbocycles. The molecule has 2 aromatic rings. The highest BCUT2D eigenvalue weighted by Crippen LogP contribution is 2.37. The van der Waals surface area contributed by atoms with E-state index in [9.17, 15) is 24.9 Å². The summed E-state index contributed by atoms with van der Waals surface area (Å²) >= 11 is 0. The number of rotatable bonds is 6. The van der Waals surface area contributed by atoms with Gasteiger partial charge in [0, 0.05) is 12.0 Å². The van der Waals surface area contributed by atoms with Crippen molar-refractivity contribution in [3.8, 4) is 11.5 Å². The van der Waals surface area contributed by atoms with Crippen LogP contribution in [-0.4, -0.2) is 52.5 Å². The number of aliphatic hydroxyl groups is 3.